The second-order valence-electron chi connectivity index (χ2n) is 11.9. The molecule has 1 unspecified atom stereocenters. The van der Waals surface area contributed by atoms with Gasteiger partial charge in [0.1, 0.15) is 24.1 Å². The number of hydrogen-bond acceptors (Lipinski definition) is 10. The summed E-state index contributed by atoms with van der Waals surface area (Å²) in [4.78, 5) is 26.4. The van der Waals surface area contributed by atoms with Crippen molar-refractivity contribution in [2.75, 3.05) is 32.2 Å². The van der Waals surface area contributed by atoms with Crippen LogP contribution in [0.4, 0.5) is 5.82 Å². The molecule has 3 saturated heterocycles. The van der Waals surface area contributed by atoms with Crippen molar-refractivity contribution in [1.82, 2.24) is 24.2 Å². The number of rotatable bonds is 11. The topological polar surface area (TPSA) is 122 Å². The lowest BCUT2D eigenvalue weighted by atomic mass is 9.87. The number of imidazole rings is 1. The van der Waals surface area contributed by atoms with Crippen molar-refractivity contribution in [2.45, 2.75) is 69.3 Å². The van der Waals surface area contributed by atoms with Crippen LogP contribution in [-0.2, 0) is 28.9 Å². The average Bonchev–Trinajstić information content (AvgIpc) is 3.87. The second kappa shape index (κ2) is 13.4. The van der Waals surface area contributed by atoms with Crippen molar-refractivity contribution >= 4 is 31.4 Å². The fourth-order valence-electron chi connectivity index (χ4n) is 6.71. The summed E-state index contributed by atoms with van der Waals surface area (Å²) < 4.78 is 36.6. The Labute approximate surface area is 269 Å². The summed E-state index contributed by atoms with van der Waals surface area (Å²) in [5.41, 5.74) is 2.16. The average molecular weight is 647 g/mol. The molecule has 5 heterocycles. The van der Waals surface area contributed by atoms with E-state index in [1.165, 1.54) is 6.33 Å². The summed E-state index contributed by atoms with van der Waals surface area (Å²) in [7, 11) is 0.257. The zero-order valence-corrected chi connectivity index (χ0v) is 27.1. The zero-order chi connectivity index (χ0) is 31.7. The molecule has 0 spiro atoms. The molecule has 7 atom stereocenters. The van der Waals surface area contributed by atoms with E-state index in [4.69, 9.17) is 23.3 Å². The molecule has 2 aromatic heterocycles. The second-order valence-corrected chi connectivity index (χ2v) is 13.2. The predicted octanol–water partition coefficient (Wildman–Crippen LogP) is 5.44. The highest BCUT2D eigenvalue weighted by atomic mass is 31.2. The first-order chi connectivity index (χ1) is 22.5. The van der Waals surface area contributed by atoms with Gasteiger partial charge >= 0.3 is 0 Å². The van der Waals surface area contributed by atoms with E-state index in [1.54, 1.807) is 25.6 Å². The van der Waals surface area contributed by atoms with Crippen LogP contribution in [0.15, 0.2) is 73.3 Å². The zero-order valence-electron chi connectivity index (χ0n) is 26.2. The smallest absolute Gasteiger partial charge is 0.260 e. The summed E-state index contributed by atoms with van der Waals surface area (Å²) in [5, 5.41) is 2.88. The first-order valence-electron chi connectivity index (χ1n) is 15.8. The Morgan fingerprint density at radius 3 is 2.61 bits per heavy atom. The molecule has 3 fully saturated rings. The summed E-state index contributed by atoms with van der Waals surface area (Å²) >= 11 is 0. The van der Waals surface area contributed by atoms with Gasteiger partial charge in [-0.2, -0.15) is 0 Å². The highest BCUT2D eigenvalue weighted by Gasteiger charge is 2.57. The molecule has 0 aliphatic carbocycles. The molecule has 3 aliphatic heterocycles. The number of methoxy groups -OCH3 is 1. The van der Waals surface area contributed by atoms with Crippen LogP contribution in [0, 0.1) is 0 Å². The van der Waals surface area contributed by atoms with E-state index in [0.717, 1.165) is 24.9 Å². The summed E-state index contributed by atoms with van der Waals surface area (Å²) in [5.74, 6) is 0.0320. The number of nitrogens with one attached hydrogen (secondary N) is 1. The lowest BCUT2D eigenvalue weighted by Crippen LogP contribution is -2.37. The van der Waals surface area contributed by atoms with Gasteiger partial charge in [-0.3, -0.25) is 9.36 Å². The van der Waals surface area contributed by atoms with E-state index >= 15 is 0 Å². The Morgan fingerprint density at radius 2 is 1.85 bits per heavy atom. The molecule has 1 N–H and O–H groups in total. The minimum absolute atomic E-state index is 0.228. The van der Waals surface area contributed by atoms with Gasteiger partial charge in [-0.1, -0.05) is 55.5 Å². The molecule has 2 aromatic carbocycles. The number of ether oxygens (including phenoxy) is 3. The number of aromatic nitrogens is 4. The maximum Gasteiger partial charge on any atom is 0.260 e. The molecule has 12 nitrogen and oxygen atoms in total. The molecule has 3 aliphatic rings. The Morgan fingerprint density at radius 1 is 1.07 bits per heavy atom. The number of nitrogens with zero attached hydrogens (tertiary/aromatic N) is 5. The first-order valence-corrected chi connectivity index (χ1v) is 16.9. The van der Waals surface area contributed by atoms with Gasteiger partial charge in [0, 0.05) is 19.2 Å². The van der Waals surface area contributed by atoms with Crippen molar-refractivity contribution in [3.05, 3.63) is 84.4 Å². The molecule has 4 aromatic rings. The molecular formula is C33H39N6O6P. The van der Waals surface area contributed by atoms with Crippen LogP contribution >= 0.6 is 8.53 Å². The van der Waals surface area contributed by atoms with Gasteiger partial charge in [0.15, 0.2) is 23.2 Å². The number of anilines is 1. The van der Waals surface area contributed by atoms with Crippen molar-refractivity contribution in [3.63, 3.8) is 0 Å². The molecule has 7 rings (SSSR count). The van der Waals surface area contributed by atoms with Crippen LogP contribution in [0.25, 0.3) is 11.2 Å². The first kappa shape index (κ1) is 31.3. The fraction of sp³-hybridized carbons (Fsp3) is 0.455. The fourth-order valence-corrected chi connectivity index (χ4v) is 8.87. The van der Waals surface area contributed by atoms with Crippen molar-refractivity contribution in [1.29, 1.82) is 0 Å². The lowest BCUT2D eigenvalue weighted by molar-refractivity contribution is -0.0751. The highest BCUT2D eigenvalue weighted by molar-refractivity contribution is 7.45. The number of amides is 1. The molecular weight excluding hydrogens is 607 g/mol. The van der Waals surface area contributed by atoms with E-state index in [-0.39, 0.29) is 18.1 Å². The molecule has 0 radical (unpaired) electrons. The van der Waals surface area contributed by atoms with E-state index in [9.17, 15) is 4.79 Å². The van der Waals surface area contributed by atoms with Gasteiger partial charge in [-0.15, -0.1) is 0 Å². The normalized spacial score (nSPS) is 29.4. The van der Waals surface area contributed by atoms with Gasteiger partial charge in [-0.05, 0) is 43.9 Å². The van der Waals surface area contributed by atoms with Crippen molar-refractivity contribution in [2.24, 2.45) is 0 Å². The summed E-state index contributed by atoms with van der Waals surface area (Å²) in [6.07, 6.45) is 4.11. The lowest BCUT2D eigenvalue weighted by Gasteiger charge is -2.29. The van der Waals surface area contributed by atoms with Gasteiger partial charge in [-0.25, -0.2) is 19.6 Å². The van der Waals surface area contributed by atoms with E-state index in [1.807, 2.05) is 28.8 Å². The van der Waals surface area contributed by atoms with Gasteiger partial charge in [0.2, 0.25) is 0 Å². The van der Waals surface area contributed by atoms with Crippen LogP contribution in [0.5, 0.6) is 0 Å². The number of fused-ring (bicyclic) bond motifs is 2. The Hall–Kier alpha value is -3.35. The molecule has 0 bridgehead atoms. The van der Waals surface area contributed by atoms with E-state index in [0.29, 0.717) is 42.2 Å². The largest absolute Gasteiger partial charge is 0.382 e. The van der Waals surface area contributed by atoms with Crippen LogP contribution in [0.1, 0.15) is 55.3 Å². The van der Waals surface area contributed by atoms with Crippen molar-refractivity contribution < 1.29 is 28.1 Å². The minimum atomic E-state index is -1.39. The van der Waals surface area contributed by atoms with E-state index < -0.39 is 32.6 Å². The molecule has 242 valence electrons. The van der Waals surface area contributed by atoms with Gasteiger partial charge in [0.25, 0.3) is 14.4 Å². The minimum Gasteiger partial charge on any atom is -0.382 e. The van der Waals surface area contributed by atoms with Gasteiger partial charge in [0.05, 0.1) is 31.7 Å². The predicted molar refractivity (Wildman–Crippen MR) is 172 cm³/mol. The van der Waals surface area contributed by atoms with Crippen LogP contribution < -0.4 is 5.32 Å². The van der Waals surface area contributed by atoms with E-state index in [2.05, 4.69) is 63.1 Å². The highest BCUT2D eigenvalue weighted by Crippen LogP contribution is 2.64. The third-order valence-electron chi connectivity index (χ3n) is 9.08. The summed E-state index contributed by atoms with van der Waals surface area (Å²) in [6, 6.07) is 19.6. The monoisotopic (exact) mass is 646 g/mol. The van der Waals surface area contributed by atoms with Crippen LogP contribution in [0.2, 0.25) is 0 Å². The van der Waals surface area contributed by atoms with Crippen LogP contribution in [-0.4, -0.2) is 81.3 Å². The molecule has 46 heavy (non-hydrogen) atoms. The maximum atomic E-state index is 12.9. The van der Waals surface area contributed by atoms with Crippen LogP contribution in [0.3, 0.4) is 0 Å². The number of hydrogen-bond donors (Lipinski definition) is 1. The third kappa shape index (κ3) is 5.73. The maximum absolute atomic E-state index is 12.9. The Balaban J connectivity index is 1.18. The van der Waals surface area contributed by atoms with Gasteiger partial charge < -0.3 is 28.6 Å². The number of benzene rings is 2. The quantitative estimate of drug-likeness (QED) is 0.167. The molecule has 1 amide bonds. The Bertz CT molecular complexity index is 1650. The number of carbonyl (C=O) groups excluding carboxylic acids is 1. The number of carbonyl (C=O) groups is 1. The SMILES string of the molecule is CC[C@H]1O[C@@H](n2cnc3c(NC(=O)c4ccccc4)ncnc32)[C@@H](OCCOC)C1O[P@]1O[C@@](C)(c2ccccc2)[C@H]2CCCN21. The summed E-state index contributed by atoms with van der Waals surface area (Å²) in [6.45, 7) is 5.95. The third-order valence-corrected chi connectivity index (χ3v) is 10.9. The standard InChI is InChI=1S/C33H39N6O6P/c1-4-24-27(44-46-39-17-11-16-25(39)33(2,45-46)23-14-9-6-10-15-23)28(42-19-18-41-3)32(43-24)38-21-36-26-29(34-20-35-30(26)38)37-31(40)22-12-7-5-8-13-22/h5-10,12-15,20-21,24-25,27-28,32H,4,11,16-19H2,1-3H3,(H,34,35,37,40)/t24-,25-,27?,28+,32-,33+,46-/m1/s1. The van der Waals surface area contributed by atoms with Crippen molar-refractivity contribution in [3.8, 4) is 0 Å². The molecule has 13 heteroatoms. The molecule has 0 saturated carbocycles. The Kier molecular flexibility index (Phi) is 9.11.